The van der Waals surface area contributed by atoms with Crippen LogP contribution in [0.25, 0.3) is 0 Å². The van der Waals surface area contributed by atoms with Gasteiger partial charge in [0.1, 0.15) is 5.78 Å². The molecular weight excluding hydrogens is 242 g/mol. The lowest BCUT2D eigenvalue weighted by Gasteiger charge is -2.13. The molecular formula is C14H17N3O2. The third kappa shape index (κ3) is 4.30. The predicted molar refractivity (Wildman–Crippen MR) is 70.3 cm³/mol. The third-order valence-electron chi connectivity index (χ3n) is 2.62. The molecule has 0 radical (unpaired) electrons. The lowest BCUT2D eigenvalue weighted by molar-refractivity contribution is -0.116. The van der Waals surface area contributed by atoms with Crippen LogP contribution >= 0.6 is 0 Å². The molecule has 0 atom stereocenters. The minimum Gasteiger partial charge on any atom is -0.338 e. The zero-order valence-corrected chi connectivity index (χ0v) is 11.2. The molecule has 0 unspecified atom stereocenters. The first kappa shape index (κ1) is 13.4. The van der Waals surface area contributed by atoms with Crippen molar-refractivity contribution in [3.8, 4) is 0 Å². The van der Waals surface area contributed by atoms with Gasteiger partial charge in [0.2, 0.25) is 5.89 Å². The maximum atomic E-state index is 11.0. The summed E-state index contributed by atoms with van der Waals surface area (Å²) in [5, 5.41) is 3.78. The third-order valence-corrected chi connectivity index (χ3v) is 2.62. The highest BCUT2D eigenvalue weighted by Crippen LogP contribution is 2.07. The highest BCUT2D eigenvalue weighted by molar-refractivity contribution is 5.77. The lowest BCUT2D eigenvalue weighted by atomic mass is 10.2. The Morgan fingerprint density at radius 2 is 2.00 bits per heavy atom. The number of ketones is 1. The highest BCUT2D eigenvalue weighted by atomic mass is 16.5. The summed E-state index contributed by atoms with van der Waals surface area (Å²) >= 11 is 0. The Bertz CT molecular complexity index is 537. The van der Waals surface area contributed by atoms with E-state index in [2.05, 4.69) is 27.2 Å². The van der Waals surface area contributed by atoms with Gasteiger partial charge in [0.15, 0.2) is 5.82 Å². The summed E-state index contributed by atoms with van der Waals surface area (Å²) in [5.74, 6) is 1.02. The Hall–Kier alpha value is -2.01. The largest absolute Gasteiger partial charge is 0.338 e. The van der Waals surface area contributed by atoms with Crippen LogP contribution in [0, 0.1) is 0 Å². The topological polar surface area (TPSA) is 59.2 Å². The summed E-state index contributed by atoms with van der Waals surface area (Å²) in [6.07, 6.45) is 0.228. The smallest absolute Gasteiger partial charge is 0.240 e. The molecule has 0 aliphatic rings. The fourth-order valence-electron chi connectivity index (χ4n) is 1.83. The second-order valence-corrected chi connectivity index (χ2v) is 4.64. The van der Waals surface area contributed by atoms with Gasteiger partial charge in [-0.25, -0.2) is 0 Å². The van der Waals surface area contributed by atoms with Crippen LogP contribution in [-0.4, -0.2) is 27.9 Å². The van der Waals surface area contributed by atoms with Crippen LogP contribution in [0.3, 0.4) is 0 Å². The molecule has 1 aromatic carbocycles. The Morgan fingerprint density at radius 3 is 2.68 bits per heavy atom. The second-order valence-electron chi connectivity index (χ2n) is 4.64. The molecule has 19 heavy (non-hydrogen) atoms. The summed E-state index contributed by atoms with van der Waals surface area (Å²) < 4.78 is 5.12. The van der Waals surface area contributed by atoms with Gasteiger partial charge in [-0.3, -0.25) is 9.69 Å². The Labute approximate surface area is 112 Å². The number of Topliss-reactive ketones (excluding diaryl/α,β-unsaturated/α-hetero) is 1. The van der Waals surface area contributed by atoms with Crippen LogP contribution in [0.2, 0.25) is 0 Å². The van der Waals surface area contributed by atoms with Crippen LogP contribution in [0.1, 0.15) is 24.2 Å². The molecule has 0 saturated heterocycles. The Kier molecular flexibility index (Phi) is 4.41. The fourth-order valence-corrected chi connectivity index (χ4v) is 1.83. The molecule has 0 aliphatic heterocycles. The van der Waals surface area contributed by atoms with E-state index in [9.17, 15) is 4.79 Å². The van der Waals surface area contributed by atoms with E-state index in [1.807, 2.05) is 25.2 Å². The number of aromatic nitrogens is 2. The summed E-state index contributed by atoms with van der Waals surface area (Å²) in [4.78, 5) is 17.2. The van der Waals surface area contributed by atoms with Crippen LogP contribution in [0.4, 0.5) is 0 Å². The molecule has 5 heteroatoms. The summed E-state index contributed by atoms with van der Waals surface area (Å²) in [7, 11) is 1.99. The number of carbonyl (C=O) groups excluding carboxylic acids is 1. The highest BCUT2D eigenvalue weighted by Gasteiger charge is 2.10. The van der Waals surface area contributed by atoms with E-state index >= 15 is 0 Å². The average Bonchev–Trinajstić information content (AvgIpc) is 2.76. The number of nitrogens with zero attached hydrogens (tertiary/aromatic N) is 3. The zero-order valence-electron chi connectivity index (χ0n) is 11.2. The number of carbonyl (C=O) groups is 1. The summed E-state index contributed by atoms with van der Waals surface area (Å²) in [6.45, 7) is 2.89. The van der Waals surface area contributed by atoms with Crippen molar-refractivity contribution in [3.63, 3.8) is 0 Å². The van der Waals surface area contributed by atoms with Gasteiger partial charge < -0.3 is 4.52 Å². The molecule has 0 N–H and O–H groups in total. The van der Waals surface area contributed by atoms with Crippen LogP contribution in [0.15, 0.2) is 34.9 Å². The average molecular weight is 259 g/mol. The first-order valence-corrected chi connectivity index (χ1v) is 6.17. The van der Waals surface area contributed by atoms with Gasteiger partial charge in [-0.15, -0.1) is 0 Å². The second kappa shape index (κ2) is 6.24. The van der Waals surface area contributed by atoms with Crippen LogP contribution < -0.4 is 0 Å². The van der Waals surface area contributed by atoms with Gasteiger partial charge in [0.25, 0.3) is 0 Å². The monoisotopic (exact) mass is 259 g/mol. The molecule has 0 spiro atoms. The molecule has 0 bridgehead atoms. The maximum absolute atomic E-state index is 11.0. The SMILES string of the molecule is CC(=O)Cc1noc(CN(C)Cc2ccccc2)n1. The van der Waals surface area contributed by atoms with E-state index in [-0.39, 0.29) is 12.2 Å². The van der Waals surface area contributed by atoms with Crippen molar-refractivity contribution < 1.29 is 9.32 Å². The van der Waals surface area contributed by atoms with Crippen LogP contribution in [0.5, 0.6) is 0 Å². The van der Waals surface area contributed by atoms with Crippen molar-refractivity contribution in [1.82, 2.24) is 15.0 Å². The molecule has 0 fully saturated rings. The minimum atomic E-state index is 0.0324. The van der Waals surface area contributed by atoms with Gasteiger partial charge in [-0.1, -0.05) is 35.5 Å². The molecule has 5 nitrogen and oxygen atoms in total. The Morgan fingerprint density at radius 1 is 1.26 bits per heavy atom. The quantitative estimate of drug-likeness (QED) is 0.792. The molecule has 2 aromatic rings. The molecule has 0 saturated carbocycles. The molecule has 2 rings (SSSR count). The summed E-state index contributed by atoms with van der Waals surface area (Å²) in [5.41, 5.74) is 1.23. The van der Waals surface area contributed by atoms with E-state index in [1.54, 1.807) is 0 Å². The lowest BCUT2D eigenvalue weighted by Crippen LogP contribution is -2.17. The first-order chi connectivity index (χ1) is 9.13. The first-order valence-electron chi connectivity index (χ1n) is 6.17. The standard InChI is InChI=1S/C14H17N3O2/c1-11(18)8-13-15-14(19-16-13)10-17(2)9-12-6-4-3-5-7-12/h3-7H,8-10H2,1-2H3. The van der Waals surface area contributed by atoms with E-state index in [0.29, 0.717) is 18.3 Å². The van der Waals surface area contributed by atoms with Gasteiger partial charge in [-0.05, 0) is 19.5 Å². The molecule has 1 heterocycles. The number of rotatable bonds is 6. The van der Waals surface area contributed by atoms with Crippen molar-refractivity contribution in [2.24, 2.45) is 0 Å². The molecule has 0 amide bonds. The number of hydrogen-bond donors (Lipinski definition) is 0. The van der Waals surface area contributed by atoms with E-state index in [4.69, 9.17) is 4.52 Å². The molecule has 100 valence electrons. The van der Waals surface area contributed by atoms with Crippen LogP contribution in [-0.2, 0) is 24.3 Å². The Balaban J connectivity index is 1.90. The maximum Gasteiger partial charge on any atom is 0.240 e. The van der Waals surface area contributed by atoms with Gasteiger partial charge >= 0.3 is 0 Å². The van der Waals surface area contributed by atoms with Crippen molar-refractivity contribution in [1.29, 1.82) is 0 Å². The fraction of sp³-hybridized carbons (Fsp3) is 0.357. The summed E-state index contributed by atoms with van der Waals surface area (Å²) in [6, 6.07) is 10.2. The van der Waals surface area contributed by atoms with Gasteiger partial charge in [-0.2, -0.15) is 4.98 Å². The predicted octanol–water partition coefficient (Wildman–Crippen LogP) is 1.83. The zero-order chi connectivity index (χ0) is 13.7. The van der Waals surface area contributed by atoms with Crippen molar-refractivity contribution in [3.05, 3.63) is 47.6 Å². The normalized spacial score (nSPS) is 10.9. The van der Waals surface area contributed by atoms with E-state index in [1.165, 1.54) is 12.5 Å². The van der Waals surface area contributed by atoms with Crippen molar-refractivity contribution in [2.75, 3.05) is 7.05 Å². The number of benzene rings is 1. The van der Waals surface area contributed by atoms with Crippen molar-refractivity contribution in [2.45, 2.75) is 26.4 Å². The van der Waals surface area contributed by atoms with Crippen molar-refractivity contribution >= 4 is 5.78 Å². The molecule has 1 aromatic heterocycles. The molecule has 0 aliphatic carbocycles. The van der Waals surface area contributed by atoms with Gasteiger partial charge in [0, 0.05) is 6.54 Å². The van der Waals surface area contributed by atoms with Gasteiger partial charge in [0.05, 0.1) is 13.0 Å². The van der Waals surface area contributed by atoms with E-state index < -0.39 is 0 Å². The van der Waals surface area contributed by atoms with E-state index in [0.717, 1.165) is 6.54 Å². The number of hydrogen-bond acceptors (Lipinski definition) is 5. The minimum absolute atomic E-state index is 0.0324.